The van der Waals surface area contributed by atoms with Gasteiger partial charge in [-0.1, -0.05) is 0 Å². The number of carbonyl (C=O) groups is 2. The van der Waals surface area contributed by atoms with Gasteiger partial charge in [0.1, 0.15) is 0 Å². The van der Waals surface area contributed by atoms with Crippen molar-refractivity contribution in [1.29, 1.82) is 0 Å². The van der Waals surface area contributed by atoms with Crippen LogP contribution in [0.4, 0.5) is 0 Å². The highest BCUT2D eigenvalue weighted by Crippen LogP contribution is 2.10. The van der Waals surface area contributed by atoms with Crippen molar-refractivity contribution in [3.05, 3.63) is 18.0 Å². The first kappa shape index (κ1) is 11.2. The molecule has 0 saturated heterocycles. The highest BCUT2D eigenvalue weighted by Gasteiger charge is 2.14. The van der Waals surface area contributed by atoms with Crippen molar-refractivity contribution in [3.8, 4) is 0 Å². The van der Waals surface area contributed by atoms with Crippen molar-refractivity contribution >= 4 is 11.9 Å². The molecule has 1 N–H and O–H groups in total. The average molecular weight is 212 g/mol. The molecule has 0 bridgehead atoms. The monoisotopic (exact) mass is 212 g/mol. The topological polar surface area (TPSA) is 81.4 Å². The Morgan fingerprint density at radius 1 is 1.67 bits per heavy atom. The van der Waals surface area contributed by atoms with Crippen LogP contribution in [0.1, 0.15) is 29.9 Å². The summed E-state index contributed by atoms with van der Waals surface area (Å²) in [6, 6.07) is 1.20. The predicted molar refractivity (Wildman–Crippen MR) is 50.5 cm³/mol. The third kappa shape index (κ3) is 2.80. The summed E-state index contributed by atoms with van der Waals surface area (Å²) in [7, 11) is 1.27. The molecule has 6 heteroatoms. The second-order valence-electron chi connectivity index (χ2n) is 3.12. The van der Waals surface area contributed by atoms with Crippen molar-refractivity contribution in [1.82, 2.24) is 9.78 Å². The van der Waals surface area contributed by atoms with Gasteiger partial charge in [-0.3, -0.25) is 9.48 Å². The zero-order valence-electron chi connectivity index (χ0n) is 8.51. The molecule has 0 aliphatic heterocycles. The Labute approximate surface area is 86.5 Å². The van der Waals surface area contributed by atoms with E-state index in [1.54, 1.807) is 13.1 Å². The molecule has 6 nitrogen and oxygen atoms in total. The van der Waals surface area contributed by atoms with E-state index < -0.39 is 11.9 Å². The van der Waals surface area contributed by atoms with E-state index in [1.165, 1.54) is 17.9 Å². The van der Waals surface area contributed by atoms with Crippen LogP contribution in [0.5, 0.6) is 0 Å². The molecule has 15 heavy (non-hydrogen) atoms. The smallest absolute Gasteiger partial charge is 0.358 e. The summed E-state index contributed by atoms with van der Waals surface area (Å²) >= 11 is 0. The molecule has 1 aromatic heterocycles. The van der Waals surface area contributed by atoms with Gasteiger partial charge in [-0.25, -0.2) is 4.79 Å². The van der Waals surface area contributed by atoms with E-state index in [9.17, 15) is 9.59 Å². The van der Waals surface area contributed by atoms with Crippen molar-refractivity contribution in [3.63, 3.8) is 0 Å². The number of nitrogens with zero attached hydrogens (tertiary/aromatic N) is 2. The summed E-state index contributed by atoms with van der Waals surface area (Å²) in [6.07, 6.45) is 1.52. The third-order valence-electron chi connectivity index (χ3n) is 1.92. The fourth-order valence-electron chi connectivity index (χ4n) is 1.14. The van der Waals surface area contributed by atoms with Gasteiger partial charge in [-0.2, -0.15) is 5.10 Å². The first-order valence-corrected chi connectivity index (χ1v) is 4.40. The highest BCUT2D eigenvalue weighted by atomic mass is 16.5. The average Bonchev–Trinajstić information content (AvgIpc) is 2.64. The Morgan fingerprint density at radius 2 is 2.33 bits per heavy atom. The maximum Gasteiger partial charge on any atom is 0.358 e. The highest BCUT2D eigenvalue weighted by molar-refractivity contribution is 5.86. The molecule has 0 saturated carbocycles. The number of methoxy groups -OCH3 is 1. The standard InChI is InChI=1S/C9H12N2O4/c1-6(5-8(12)13)11-4-3-7(10-11)9(14)15-2/h3-4,6H,5H2,1-2H3,(H,12,13). The third-order valence-corrected chi connectivity index (χ3v) is 1.92. The Balaban J connectivity index is 2.75. The van der Waals surface area contributed by atoms with E-state index in [0.29, 0.717) is 0 Å². The minimum absolute atomic E-state index is 0.0394. The number of carbonyl (C=O) groups excluding carboxylic acids is 1. The van der Waals surface area contributed by atoms with Crippen LogP contribution >= 0.6 is 0 Å². The van der Waals surface area contributed by atoms with E-state index in [1.807, 2.05) is 0 Å². The Bertz CT molecular complexity index is 372. The minimum Gasteiger partial charge on any atom is -0.481 e. The Morgan fingerprint density at radius 3 is 2.87 bits per heavy atom. The zero-order chi connectivity index (χ0) is 11.4. The molecule has 1 rings (SSSR count). The van der Waals surface area contributed by atoms with Crippen LogP contribution in [0.25, 0.3) is 0 Å². The van der Waals surface area contributed by atoms with Gasteiger partial charge in [0, 0.05) is 6.20 Å². The fourth-order valence-corrected chi connectivity index (χ4v) is 1.14. The number of carboxylic acids is 1. The molecule has 0 fully saturated rings. The molecule has 82 valence electrons. The maximum absolute atomic E-state index is 11.1. The van der Waals surface area contributed by atoms with E-state index in [4.69, 9.17) is 5.11 Å². The zero-order valence-corrected chi connectivity index (χ0v) is 8.51. The van der Waals surface area contributed by atoms with Crippen molar-refractivity contribution in [2.75, 3.05) is 7.11 Å². The number of hydrogen-bond donors (Lipinski definition) is 1. The normalized spacial score (nSPS) is 12.1. The molecular weight excluding hydrogens is 200 g/mol. The lowest BCUT2D eigenvalue weighted by atomic mass is 10.2. The molecular formula is C9H12N2O4. The Kier molecular flexibility index (Phi) is 3.43. The molecule has 1 atom stereocenters. The lowest BCUT2D eigenvalue weighted by Crippen LogP contribution is -2.12. The van der Waals surface area contributed by atoms with E-state index in [2.05, 4.69) is 9.84 Å². The van der Waals surface area contributed by atoms with Gasteiger partial charge in [0.15, 0.2) is 5.69 Å². The summed E-state index contributed by atoms with van der Waals surface area (Å²) in [4.78, 5) is 21.5. The summed E-state index contributed by atoms with van der Waals surface area (Å²) < 4.78 is 5.91. The number of aliphatic carboxylic acids is 1. The SMILES string of the molecule is COC(=O)c1ccn(C(C)CC(=O)O)n1. The van der Waals surface area contributed by atoms with Crippen molar-refractivity contribution in [2.24, 2.45) is 0 Å². The summed E-state index contributed by atoms with van der Waals surface area (Å²) in [5, 5.41) is 12.5. The number of hydrogen-bond acceptors (Lipinski definition) is 4. The molecule has 0 aromatic carbocycles. The minimum atomic E-state index is -0.905. The van der Waals surface area contributed by atoms with Crippen LogP contribution in [0.3, 0.4) is 0 Å². The van der Waals surface area contributed by atoms with Gasteiger partial charge in [0.05, 0.1) is 19.6 Å². The first-order valence-electron chi connectivity index (χ1n) is 4.40. The lowest BCUT2D eigenvalue weighted by Gasteiger charge is -2.08. The molecule has 1 aromatic rings. The van der Waals surface area contributed by atoms with Gasteiger partial charge in [-0.15, -0.1) is 0 Å². The van der Waals surface area contributed by atoms with Gasteiger partial charge < -0.3 is 9.84 Å². The summed E-state index contributed by atoms with van der Waals surface area (Å²) in [5.41, 5.74) is 0.176. The van der Waals surface area contributed by atoms with Crippen LogP contribution in [0.2, 0.25) is 0 Å². The van der Waals surface area contributed by atoms with Crippen molar-refractivity contribution in [2.45, 2.75) is 19.4 Å². The van der Waals surface area contributed by atoms with Gasteiger partial charge in [0.25, 0.3) is 0 Å². The molecule has 0 aliphatic rings. The van der Waals surface area contributed by atoms with Gasteiger partial charge in [0.2, 0.25) is 0 Å². The molecule has 1 heterocycles. The first-order chi connectivity index (χ1) is 7.04. The molecule has 0 amide bonds. The summed E-state index contributed by atoms with van der Waals surface area (Å²) in [6.45, 7) is 1.71. The second kappa shape index (κ2) is 4.59. The molecule has 1 unspecified atom stereocenters. The van der Waals surface area contributed by atoms with Crippen molar-refractivity contribution < 1.29 is 19.4 Å². The Hall–Kier alpha value is -1.85. The van der Waals surface area contributed by atoms with Crippen LogP contribution < -0.4 is 0 Å². The number of esters is 1. The van der Waals surface area contributed by atoms with E-state index in [-0.39, 0.29) is 18.2 Å². The predicted octanol–water partition coefficient (Wildman–Crippen LogP) is 0.705. The van der Waals surface area contributed by atoms with E-state index >= 15 is 0 Å². The lowest BCUT2D eigenvalue weighted by molar-refractivity contribution is -0.137. The fraction of sp³-hybridized carbons (Fsp3) is 0.444. The number of ether oxygens (including phenoxy) is 1. The van der Waals surface area contributed by atoms with Gasteiger partial charge in [-0.05, 0) is 13.0 Å². The quantitative estimate of drug-likeness (QED) is 0.743. The largest absolute Gasteiger partial charge is 0.481 e. The number of carboxylic acid groups (broad SMARTS) is 1. The molecule has 0 spiro atoms. The van der Waals surface area contributed by atoms with Crippen LogP contribution in [0, 0.1) is 0 Å². The van der Waals surface area contributed by atoms with Crippen LogP contribution in [-0.4, -0.2) is 33.9 Å². The van der Waals surface area contributed by atoms with Crippen LogP contribution in [-0.2, 0) is 9.53 Å². The number of rotatable bonds is 4. The van der Waals surface area contributed by atoms with E-state index in [0.717, 1.165) is 0 Å². The molecule has 0 radical (unpaired) electrons. The molecule has 0 aliphatic carbocycles. The maximum atomic E-state index is 11.1. The van der Waals surface area contributed by atoms with Gasteiger partial charge >= 0.3 is 11.9 Å². The summed E-state index contributed by atoms with van der Waals surface area (Å²) in [5.74, 6) is -1.44. The number of aromatic nitrogens is 2. The second-order valence-corrected chi connectivity index (χ2v) is 3.12. The van der Waals surface area contributed by atoms with Crippen LogP contribution in [0.15, 0.2) is 12.3 Å².